The highest BCUT2D eigenvalue weighted by atomic mass is 16.5. The van der Waals surface area contributed by atoms with E-state index in [0.29, 0.717) is 17.3 Å². The Morgan fingerprint density at radius 1 is 1.26 bits per heavy atom. The summed E-state index contributed by atoms with van der Waals surface area (Å²) in [5, 5.41) is 2.81. The van der Waals surface area contributed by atoms with E-state index >= 15 is 0 Å². The van der Waals surface area contributed by atoms with Gasteiger partial charge in [-0.3, -0.25) is 4.79 Å². The van der Waals surface area contributed by atoms with Crippen LogP contribution in [-0.2, 0) is 6.54 Å². The number of nitrogens with zero attached hydrogens (tertiary/aromatic N) is 4. The zero-order valence-corrected chi connectivity index (χ0v) is 13.0. The first-order chi connectivity index (χ1) is 11.3. The summed E-state index contributed by atoms with van der Waals surface area (Å²) >= 11 is 0. The van der Waals surface area contributed by atoms with Crippen LogP contribution in [0.3, 0.4) is 0 Å². The first kappa shape index (κ1) is 15.2. The van der Waals surface area contributed by atoms with Crippen LogP contribution in [0.4, 0.5) is 5.82 Å². The number of ether oxygens (including phenoxy) is 1. The Kier molecular flexibility index (Phi) is 4.65. The molecule has 0 spiro atoms. The van der Waals surface area contributed by atoms with Gasteiger partial charge in [0.2, 0.25) is 5.88 Å². The molecule has 3 heterocycles. The summed E-state index contributed by atoms with van der Waals surface area (Å²) in [6.07, 6.45) is 5.61. The molecule has 0 saturated carbocycles. The van der Waals surface area contributed by atoms with E-state index in [0.717, 1.165) is 18.9 Å². The van der Waals surface area contributed by atoms with Crippen LogP contribution in [0, 0.1) is 0 Å². The van der Waals surface area contributed by atoms with E-state index in [-0.39, 0.29) is 12.5 Å². The van der Waals surface area contributed by atoms with Crippen molar-refractivity contribution < 1.29 is 9.53 Å². The average molecular weight is 313 g/mol. The molecule has 1 aliphatic rings. The number of rotatable bonds is 5. The molecular weight excluding hydrogens is 294 g/mol. The molecular formula is C16H19N5O2. The maximum atomic E-state index is 12.1. The summed E-state index contributed by atoms with van der Waals surface area (Å²) in [5.74, 6) is 1.79. The highest BCUT2D eigenvalue weighted by Gasteiger charge is 2.14. The van der Waals surface area contributed by atoms with Gasteiger partial charge in [-0.1, -0.05) is 0 Å². The van der Waals surface area contributed by atoms with Crippen molar-refractivity contribution >= 4 is 11.7 Å². The highest BCUT2D eigenvalue weighted by molar-refractivity contribution is 5.93. The second kappa shape index (κ2) is 7.04. The van der Waals surface area contributed by atoms with Gasteiger partial charge in [-0.25, -0.2) is 15.0 Å². The van der Waals surface area contributed by atoms with E-state index in [1.807, 2.05) is 6.07 Å². The van der Waals surface area contributed by atoms with Crippen molar-refractivity contribution in [1.29, 1.82) is 0 Å². The lowest BCUT2D eigenvalue weighted by molar-refractivity contribution is 0.0949. The van der Waals surface area contributed by atoms with Gasteiger partial charge in [0.15, 0.2) is 0 Å². The molecule has 0 unspecified atom stereocenters. The number of amides is 1. The van der Waals surface area contributed by atoms with Crippen LogP contribution >= 0.6 is 0 Å². The van der Waals surface area contributed by atoms with Crippen LogP contribution < -0.4 is 15.0 Å². The Morgan fingerprint density at radius 2 is 2.09 bits per heavy atom. The Balaban J connectivity index is 1.60. The van der Waals surface area contributed by atoms with E-state index in [4.69, 9.17) is 4.74 Å². The molecule has 1 amide bonds. The van der Waals surface area contributed by atoms with Crippen molar-refractivity contribution in [3.8, 4) is 5.88 Å². The summed E-state index contributed by atoms with van der Waals surface area (Å²) in [5.41, 5.74) is 0.474. The third-order valence-corrected chi connectivity index (χ3v) is 3.74. The third-order valence-electron chi connectivity index (χ3n) is 3.74. The number of nitrogens with one attached hydrogen (secondary N) is 1. The lowest BCUT2D eigenvalue weighted by Gasteiger charge is -2.16. The van der Waals surface area contributed by atoms with Gasteiger partial charge >= 0.3 is 0 Å². The van der Waals surface area contributed by atoms with Crippen LogP contribution in [-0.4, -0.2) is 41.1 Å². The SMILES string of the molecule is COc1ccc(C(=O)NCc2nccc(N3CCCC3)n2)cn1. The molecule has 0 radical (unpaired) electrons. The maximum absolute atomic E-state index is 12.1. The van der Waals surface area contributed by atoms with Gasteiger partial charge in [-0.05, 0) is 25.0 Å². The van der Waals surface area contributed by atoms with E-state index < -0.39 is 0 Å². The summed E-state index contributed by atoms with van der Waals surface area (Å²) < 4.78 is 4.97. The zero-order chi connectivity index (χ0) is 16.1. The van der Waals surface area contributed by atoms with E-state index in [9.17, 15) is 4.79 Å². The number of pyridine rings is 1. The fourth-order valence-corrected chi connectivity index (χ4v) is 2.49. The molecule has 2 aromatic rings. The van der Waals surface area contributed by atoms with E-state index in [1.54, 1.807) is 18.3 Å². The molecule has 1 saturated heterocycles. The molecule has 1 N–H and O–H groups in total. The number of hydrogen-bond donors (Lipinski definition) is 1. The van der Waals surface area contributed by atoms with Gasteiger partial charge < -0.3 is 15.0 Å². The first-order valence-corrected chi connectivity index (χ1v) is 7.61. The monoisotopic (exact) mass is 313 g/mol. The summed E-state index contributed by atoms with van der Waals surface area (Å²) in [4.78, 5) is 27.1. The van der Waals surface area contributed by atoms with Gasteiger partial charge in [-0.15, -0.1) is 0 Å². The van der Waals surface area contributed by atoms with Crippen LogP contribution in [0.2, 0.25) is 0 Å². The van der Waals surface area contributed by atoms with Crippen molar-refractivity contribution in [3.63, 3.8) is 0 Å². The predicted molar refractivity (Wildman–Crippen MR) is 85.4 cm³/mol. The first-order valence-electron chi connectivity index (χ1n) is 7.61. The van der Waals surface area contributed by atoms with Crippen molar-refractivity contribution in [3.05, 3.63) is 42.0 Å². The lowest BCUT2D eigenvalue weighted by Crippen LogP contribution is -2.25. The minimum Gasteiger partial charge on any atom is -0.481 e. The standard InChI is InChI=1S/C16H19N5O2/c1-23-15-5-4-12(10-18-15)16(22)19-11-13-17-7-6-14(20-13)21-8-2-3-9-21/h4-7,10H,2-3,8-9,11H2,1H3,(H,19,22). The second-order valence-corrected chi connectivity index (χ2v) is 5.30. The van der Waals surface area contributed by atoms with Gasteiger partial charge in [0.05, 0.1) is 19.2 Å². The molecule has 120 valence electrons. The Bertz CT molecular complexity index is 668. The largest absolute Gasteiger partial charge is 0.481 e. The smallest absolute Gasteiger partial charge is 0.253 e. The predicted octanol–water partition coefficient (Wildman–Crippen LogP) is 1.41. The molecule has 0 aromatic carbocycles. The van der Waals surface area contributed by atoms with Gasteiger partial charge in [0, 0.05) is 31.5 Å². The number of carbonyl (C=O) groups is 1. The minimum absolute atomic E-state index is 0.213. The van der Waals surface area contributed by atoms with Crippen molar-refractivity contribution in [2.24, 2.45) is 0 Å². The second-order valence-electron chi connectivity index (χ2n) is 5.30. The van der Waals surface area contributed by atoms with Crippen LogP contribution in [0.15, 0.2) is 30.6 Å². The molecule has 7 nitrogen and oxygen atoms in total. The Morgan fingerprint density at radius 3 is 2.78 bits per heavy atom. The average Bonchev–Trinajstić information content (AvgIpc) is 3.15. The van der Waals surface area contributed by atoms with Crippen molar-refractivity contribution in [2.75, 3.05) is 25.1 Å². The Labute approximate surface area is 134 Å². The minimum atomic E-state index is -0.213. The van der Waals surface area contributed by atoms with Gasteiger partial charge in [0.1, 0.15) is 11.6 Å². The molecule has 0 bridgehead atoms. The molecule has 0 aliphatic carbocycles. The topological polar surface area (TPSA) is 80.2 Å². The summed E-state index contributed by atoms with van der Waals surface area (Å²) in [7, 11) is 1.53. The van der Waals surface area contributed by atoms with Gasteiger partial charge in [-0.2, -0.15) is 0 Å². The van der Waals surface area contributed by atoms with Crippen molar-refractivity contribution in [2.45, 2.75) is 19.4 Å². The van der Waals surface area contributed by atoms with E-state index in [2.05, 4.69) is 25.2 Å². The maximum Gasteiger partial charge on any atom is 0.253 e. The van der Waals surface area contributed by atoms with Crippen molar-refractivity contribution in [1.82, 2.24) is 20.3 Å². The molecule has 7 heteroatoms. The number of methoxy groups -OCH3 is 1. The van der Waals surface area contributed by atoms with Crippen LogP contribution in [0.25, 0.3) is 0 Å². The lowest BCUT2D eigenvalue weighted by atomic mass is 10.2. The van der Waals surface area contributed by atoms with E-state index in [1.165, 1.54) is 26.1 Å². The van der Waals surface area contributed by atoms with Crippen LogP contribution in [0.5, 0.6) is 5.88 Å². The summed E-state index contributed by atoms with van der Waals surface area (Å²) in [6, 6.07) is 5.23. The molecule has 1 fully saturated rings. The summed E-state index contributed by atoms with van der Waals surface area (Å²) in [6.45, 7) is 2.34. The molecule has 2 aromatic heterocycles. The quantitative estimate of drug-likeness (QED) is 0.899. The number of anilines is 1. The Hall–Kier alpha value is -2.70. The normalized spacial score (nSPS) is 13.9. The number of hydrogen-bond acceptors (Lipinski definition) is 6. The molecule has 0 atom stereocenters. The number of carbonyl (C=O) groups excluding carboxylic acids is 1. The highest BCUT2D eigenvalue weighted by Crippen LogP contribution is 2.16. The number of aromatic nitrogens is 3. The third kappa shape index (κ3) is 3.74. The zero-order valence-electron chi connectivity index (χ0n) is 13.0. The molecule has 1 aliphatic heterocycles. The fraction of sp³-hybridized carbons (Fsp3) is 0.375. The molecule has 3 rings (SSSR count). The van der Waals surface area contributed by atoms with Gasteiger partial charge in [0.25, 0.3) is 5.91 Å². The fourth-order valence-electron chi connectivity index (χ4n) is 2.49. The van der Waals surface area contributed by atoms with Crippen LogP contribution in [0.1, 0.15) is 29.0 Å². The molecule has 23 heavy (non-hydrogen) atoms.